The number of ether oxygens (including phenoxy) is 1. The van der Waals surface area contributed by atoms with Crippen molar-refractivity contribution < 1.29 is 9.26 Å². The molecule has 0 amide bonds. The lowest BCUT2D eigenvalue weighted by Gasteiger charge is -2.08. The molecule has 0 aliphatic carbocycles. The molecule has 5 heteroatoms. The van der Waals surface area contributed by atoms with E-state index in [0.29, 0.717) is 17.4 Å². The van der Waals surface area contributed by atoms with Gasteiger partial charge in [-0.05, 0) is 24.6 Å². The number of aromatic nitrogens is 2. The number of anilines is 1. The number of hydrogen-bond acceptors (Lipinski definition) is 5. The fourth-order valence-electron chi connectivity index (χ4n) is 1.77. The zero-order chi connectivity index (χ0) is 13.0. The summed E-state index contributed by atoms with van der Waals surface area (Å²) in [4.78, 5) is 4.35. The molecule has 0 saturated carbocycles. The molecule has 2 rings (SSSR count). The quantitative estimate of drug-likeness (QED) is 0.822. The van der Waals surface area contributed by atoms with Gasteiger partial charge in [-0.2, -0.15) is 4.98 Å². The smallest absolute Gasteiger partial charge is 0.258 e. The maximum absolute atomic E-state index is 5.72. The number of hydrogen-bond donors (Lipinski definition) is 1. The summed E-state index contributed by atoms with van der Waals surface area (Å²) in [7, 11) is 1.65. The van der Waals surface area contributed by atoms with Gasteiger partial charge in [-0.1, -0.05) is 24.6 Å². The van der Waals surface area contributed by atoms with E-state index in [-0.39, 0.29) is 6.10 Å². The van der Waals surface area contributed by atoms with Gasteiger partial charge in [0.1, 0.15) is 6.10 Å². The average molecular weight is 247 g/mol. The molecule has 1 heterocycles. The second-order valence-electron chi connectivity index (χ2n) is 4.10. The van der Waals surface area contributed by atoms with E-state index < -0.39 is 0 Å². The van der Waals surface area contributed by atoms with Crippen molar-refractivity contribution in [1.82, 2.24) is 10.1 Å². The molecule has 1 unspecified atom stereocenters. The highest BCUT2D eigenvalue weighted by molar-refractivity contribution is 5.59. The molecule has 0 aliphatic rings. The predicted octanol–water partition coefficient (Wildman–Crippen LogP) is 2.81. The van der Waals surface area contributed by atoms with Crippen molar-refractivity contribution >= 4 is 5.69 Å². The summed E-state index contributed by atoms with van der Waals surface area (Å²) in [5.74, 6) is 1.05. The maximum atomic E-state index is 5.72. The first-order valence-corrected chi connectivity index (χ1v) is 5.97. The van der Waals surface area contributed by atoms with Crippen molar-refractivity contribution in [3.05, 3.63) is 30.1 Å². The van der Waals surface area contributed by atoms with Crippen LogP contribution >= 0.6 is 0 Å². The van der Waals surface area contributed by atoms with Crippen molar-refractivity contribution in [3.63, 3.8) is 0 Å². The molecule has 1 aromatic carbocycles. The highest BCUT2D eigenvalue weighted by Crippen LogP contribution is 2.24. The van der Waals surface area contributed by atoms with E-state index in [1.54, 1.807) is 13.2 Å². The Bertz CT molecular complexity index is 510. The Kier molecular flexibility index (Phi) is 3.94. The fraction of sp³-hybridized carbons (Fsp3) is 0.385. The van der Waals surface area contributed by atoms with E-state index in [1.165, 1.54) is 0 Å². The van der Waals surface area contributed by atoms with Crippen molar-refractivity contribution in [2.45, 2.75) is 25.9 Å². The number of benzene rings is 1. The Morgan fingerprint density at radius 3 is 2.94 bits per heavy atom. The van der Waals surface area contributed by atoms with Crippen LogP contribution in [0.2, 0.25) is 0 Å². The Morgan fingerprint density at radius 1 is 1.44 bits per heavy atom. The molecular formula is C13H17N3O2. The largest absolute Gasteiger partial charge is 0.399 e. The second-order valence-corrected chi connectivity index (χ2v) is 4.10. The molecule has 96 valence electrons. The Hall–Kier alpha value is -1.88. The number of methoxy groups -OCH3 is 1. The van der Waals surface area contributed by atoms with Crippen LogP contribution in [-0.4, -0.2) is 17.3 Å². The van der Waals surface area contributed by atoms with Gasteiger partial charge >= 0.3 is 0 Å². The fourth-order valence-corrected chi connectivity index (χ4v) is 1.77. The van der Waals surface area contributed by atoms with Crippen molar-refractivity contribution in [1.29, 1.82) is 0 Å². The monoisotopic (exact) mass is 247 g/mol. The van der Waals surface area contributed by atoms with Crippen LogP contribution < -0.4 is 5.73 Å². The third kappa shape index (κ3) is 2.68. The van der Waals surface area contributed by atoms with Gasteiger partial charge in [-0.15, -0.1) is 0 Å². The van der Waals surface area contributed by atoms with Crippen molar-refractivity contribution in [2.75, 3.05) is 12.8 Å². The third-order valence-electron chi connectivity index (χ3n) is 2.70. The summed E-state index contributed by atoms with van der Waals surface area (Å²) in [6.45, 7) is 2.09. The van der Waals surface area contributed by atoms with Gasteiger partial charge in [0.2, 0.25) is 5.82 Å². The number of nitrogens with zero attached hydrogens (tertiary/aromatic N) is 2. The van der Waals surface area contributed by atoms with Gasteiger partial charge in [0.05, 0.1) is 0 Å². The molecule has 18 heavy (non-hydrogen) atoms. The molecule has 2 aromatic rings. The van der Waals surface area contributed by atoms with Crippen LogP contribution in [0.15, 0.2) is 28.8 Å². The average Bonchev–Trinajstić information content (AvgIpc) is 2.85. The van der Waals surface area contributed by atoms with Gasteiger partial charge < -0.3 is 15.0 Å². The number of nitrogen functional groups attached to an aromatic ring is 1. The molecule has 0 bridgehead atoms. The minimum atomic E-state index is -0.117. The predicted molar refractivity (Wildman–Crippen MR) is 68.8 cm³/mol. The second kappa shape index (κ2) is 5.64. The van der Waals surface area contributed by atoms with E-state index in [1.807, 2.05) is 18.2 Å². The van der Waals surface area contributed by atoms with Crippen LogP contribution in [0.1, 0.15) is 31.7 Å². The lowest BCUT2D eigenvalue weighted by Crippen LogP contribution is -2.03. The summed E-state index contributed by atoms with van der Waals surface area (Å²) in [6.07, 6.45) is 1.75. The normalized spacial score (nSPS) is 12.6. The molecular weight excluding hydrogens is 230 g/mol. The number of rotatable bonds is 5. The first-order chi connectivity index (χ1) is 8.74. The van der Waals surface area contributed by atoms with Crippen LogP contribution in [0.3, 0.4) is 0 Å². The van der Waals surface area contributed by atoms with E-state index in [9.17, 15) is 0 Å². The van der Waals surface area contributed by atoms with Gasteiger partial charge in [-0.25, -0.2) is 0 Å². The third-order valence-corrected chi connectivity index (χ3v) is 2.70. The molecule has 0 aliphatic heterocycles. The summed E-state index contributed by atoms with van der Waals surface area (Å²) >= 11 is 0. The van der Waals surface area contributed by atoms with Crippen LogP contribution in [0.5, 0.6) is 0 Å². The standard InChI is InChI=1S/C13H17N3O2/c1-3-5-11(17-2)12-15-13(18-16-12)9-6-4-7-10(14)8-9/h4,6-8,11H,3,5,14H2,1-2H3. The van der Waals surface area contributed by atoms with E-state index >= 15 is 0 Å². The highest BCUT2D eigenvalue weighted by Gasteiger charge is 2.17. The van der Waals surface area contributed by atoms with Gasteiger partial charge in [0.15, 0.2) is 0 Å². The summed E-state index contributed by atoms with van der Waals surface area (Å²) < 4.78 is 10.6. The zero-order valence-electron chi connectivity index (χ0n) is 10.6. The molecule has 1 aromatic heterocycles. The maximum Gasteiger partial charge on any atom is 0.258 e. The van der Waals surface area contributed by atoms with Crippen LogP contribution in [0, 0.1) is 0 Å². The minimum absolute atomic E-state index is 0.117. The molecule has 0 spiro atoms. The molecule has 0 saturated heterocycles. The summed E-state index contributed by atoms with van der Waals surface area (Å²) in [5, 5.41) is 3.96. The van der Waals surface area contributed by atoms with Gasteiger partial charge in [0.25, 0.3) is 5.89 Å². The lowest BCUT2D eigenvalue weighted by atomic mass is 10.2. The minimum Gasteiger partial charge on any atom is -0.399 e. The SMILES string of the molecule is CCCC(OC)c1noc(-c2cccc(N)c2)n1. The summed E-state index contributed by atoms with van der Waals surface area (Å²) in [5.41, 5.74) is 7.21. The Balaban J connectivity index is 2.24. The molecule has 1 atom stereocenters. The first-order valence-electron chi connectivity index (χ1n) is 5.97. The molecule has 0 fully saturated rings. The van der Waals surface area contributed by atoms with E-state index in [2.05, 4.69) is 17.1 Å². The van der Waals surface area contributed by atoms with Gasteiger partial charge in [-0.3, -0.25) is 0 Å². The van der Waals surface area contributed by atoms with Crippen LogP contribution in [0.4, 0.5) is 5.69 Å². The molecule has 5 nitrogen and oxygen atoms in total. The Morgan fingerprint density at radius 2 is 2.28 bits per heavy atom. The van der Waals surface area contributed by atoms with E-state index in [4.69, 9.17) is 15.0 Å². The van der Waals surface area contributed by atoms with E-state index in [0.717, 1.165) is 18.4 Å². The van der Waals surface area contributed by atoms with Crippen molar-refractivity contribution in [2.24, 2.45) is 0 Å². The van der Waals surface area contributed by atoms with Crippen LogP contribution in [0.25, 0.3) is 11.5 Å². The molecule has 2 N–H and O–H groups in total. The summed E-state index contributed by atoms with van der Waals surface area (Å²) in [6, 6.07) is 7.36. The van der Waals surface area contributed by atoms with Crippen LogP contribution in [-0.2, 0) is 4.74 Å². The van der Waals surface area contributed by atoms with Crippen molar-refractivity contribution in [3.8, 4) is 11.5 Å². The topological polar surface area (TPSA) is 74.2 Å². The number of nitrogens with two attached hydrogens (primary N) is 1. The van der Waals surface area contributed by atoms with Gasteiger partial charge in [0, 0.05) is 18.4 Å². The lowest BCUT2D eigenvalue weighted by molar-refractivity contribution is 0.0854. The first kappa shape index (κ1) is 12.6. The molecule has 0 radical (unpaired) electrons. The zero-order valence-corrected chi connectivity index (χ0v) is 10.6. The highest BCUT2D eigenvalue weighted by atomic mass is 16.5. The Labute approximate surface area is 106 Å².